The van der Waals surface area contributed by atoms with E-state index in [0.717, 1.165) is 47.8 Å². The van der Waals surface area contributed by atoms with Gasteiger partial charge in [0, 0.05) is 16.9 Å². The maximum atomic E-state index is 13.7. The van der Waals surface area contributed by atoms with Crippen LogP contribution in [0.15, 0.2) is 82.6 Å². The largest absolute Gasteiger partial charge is 0.303 e. The topological polar surface area (TPSA) is 40.6 Å². The first-order valence-corrected chi connectivity index (χ1v) is 14.3. The third-order valence-corrected chi connectivity index (χ3v) is 8.25. The number of Topliss-reactive ketones (excluding diaryl/α,β-unsaturated/α-hetero) is 1. The van der Waals surface area contributed by atoms with E-state index >= 15 is 0 Å². The summed E-state index contributed by atoms with van der Waals surface area (Å²) in [5.41, 5.74) is 3.14. The van der Waals surface area contributed by atoms with Crippen LogP contribution in [0, 0.1) is 5.82 Å². The van der Waals surface area contributed by atoms with Gasteiger partial charge in [0.15, 0.2) is 5.78 Å². The van der Waals surface area contributed by atoms with Crippen molar-refractivity contribution in [3.05, 3.63) is 100 Å². The molecular weight excluding hydrogens is 495 g/mol. The number of nitrogens with zero attached hydrogens (tertiary/aromatic N) is 2. The molecule has 0 N–H and O–H groups in total. The second-order valence-corrected chi connectivity index (χ2v) is 11.1. The molecule has 0 spiro atoms. The van der Waals surface area contributed by atoms with E-state index in [2.05, 4.69) is 4.90 Å². The van der Waals surface area contributed by atoms with Gasteiger partial charge in [0.1, 0.15) is 5.82 Å². The third-order valence-electron chi connectivity index (χ3n) is 7.18. The van der Waals surface area contributed by atoms with E-state index in [0.29, 0.717) is 23.4 Å². The van der Waals surface area contributed by atoms with Gasteiger partial charge in [-0.3, -0.25) is 9.59 Å². The molecule has 3 aromatic rings. The molecule has 38 heavy (non-hydrogen) atoms. The lowest BCUT2D eigenvalue weighted by Crippen LogP contribution is -2.34. The standard InChI is InChI=1S/C32H33FN2O2S/c33-27-15-12-25(13-16-27)23-35-28-22-26(29(36)11-8-20-34-18-6-1-2-7-19-34)14-17-30(28)38-31(32(35)37)21-24-9-4-3-5-10-24/h3-5,9-10,12-17,21-22H,1-2,6-8,11,18-20,23H2/b31-21-. The van der Waals surface area contributed by atoms with Crippen molar-refractivity contribution in [1.29, 1.82) is 0 Å². The highest BCUT2D eigenvalue weighted by molar-refractivity contribution is 8.04. The Morgan fingerprint density at radius 2 is 1.66 bits per heavy atom. The van der Waals surface area contributed by atoms with Crippen LogP contribution in [0.4, 0.5) is 10.1 Å². The van der Waals surface area contributed by atoms with Gasteiger partial charge in [0.05, 0.1) is 17.1 Å². The monoisotopic (exact) mass is 528 g/mol. The smallest absolute Gasteiger partial charge is 0.265 e. The van der Waals surface area contributed by atoms with Gasteiger partial charge in [0.25, 0.3) is 5.91 Å². The molecule has 0 radical (unpaired) electrons. The Morgan fingerprint density at radius 3 is 2.39 bits per heavy atom. The number of likely N-dealkylation sites (tertiary alicyclic amines) is 1. The number of rotatable bonds is 8. The summed E-state index contributed by atoms with van der Waals surface area (Å²) in [7, 11) is 0. The van der Waals surface area contributed by atoms with Crippen molar-refractivity contribution in [1.82, 2.24) is 4.90 Å². The highest BCUT2D eigenvalue weighted by atomic mass is 32.2. The number of fused-ring (bicyclic) bond motifs is 1. The van der Waals surface area contributed by atoms with E-state index in [1.54, 1.807) is 17.0 Å². The maximum absolute atomic E-state index is 13.7. The first-order valence-electron chi connectivity index (χ1n) is 13.5. The molecule has 5 rings (SSSR count). The van der Waals surface area contributed by atoms with Crippen LogP contribution in [0.5, 0.6) is 0 Å². The molecule has 0 saturated carbocycles. The second kappa shape index (κ2) is 12.5. The molecule has 0 unspecified atom stereocenters. The molecule has 4 nitrogen and oxygen atoms in total. The van der Waals surface area contributed by atoms with Crippen molar-refractivity contribution in [2.45, 2.75) is 50.0 Å². The minimum absolute atomic E-state index is 0.104. The van der Waals surface area contributed by atoms with Gasteiger partial charge in [-0.2, -0.15) is 0 Å². The molecule has 0 atom stereocenters. The van der Waals surface area contributed by atoms with Crippen molar-refractivity contribution in [3.8, 4) is 0 Å². The summed E-state index contributed by atoms with van der Waals surface area (Å²) in [5, 5.41) is 0. The van der Waals surface area contributed by atoms with Crippen LogP contribution in [-0.4, -0.2) is 36.2 Å². The van der Waals surface area contributed by atoms with Crippen molar-refractivity contribution in [2.75, 3.05) is 24.5 Å². The number of thioether (sulfide) groups is 1. The number of hydrogen-bond acceptors (Lipinski definition) is 4. The molecule has 2 aliphatic rings. The molecule has 1 saturated heterocycles. The predicted octanol–water partition coefficient (Wildman–Crippen LogP) is 7.34. The quantitative estimate of drug-likeness (QED) is 0.226. The van der Waals surface area contributed by atoms with Crippen LogP contribution in [0.1, 0.15) is 60.0 Å². The molecule has 0 aromatic heterocycles. The Bertz CT molecular complexity index is 1300. The average Bonchev–Trinajstić information content (AvgIpc) is 3.21. The fourth-order valence-corrected chi connectivity index (χ4v) is 6.12. The van der Waals surface area contributed by atoms with E-state index in [1.165, 1.54) is 49.6 Å². The minimum Gasteiger partial charge on any atom is -0.303 e. The number of carbonyl (C=O) groups excluding carboxylic acids is 2. The third kappa shape index (κ3) is 6.61. The number of anilines is 1. The first kappa shape index (κ1) is 26.4. The molecule has 1 fully saturated rings. The van der Waals surface area contributed by atoms with Gasteiger partial charge in [-0.1, -0.05) is 73.1 Å². The Kier molecular flexibility index (Phi) is 8.72. The van der Waals surface area contributed by atoms with Crippen molar-refractivity contribution in [2.24, 2.45) is 0 Å². The van der Waals surface area contributed by atoms with Crippen molar-refractivity contribution >= 4 is 35.2 Å². The average molecular weight is 529 g/mol. The van der Waals surface area contributed by atoms with Gasteiger partial charge in [-0.05, 0) is 80.4 Å². The van der Waals surface area contributed by atoms with Crippen LogP contribution in [-0.2, 0) is 11.3 Å². The van der Waals surface area contributed by atoms with E-state index in [1.807, 2.05) is 54.6 Å². The van der Waals surface area contributed by atoms with Crippen LogP contribution in [0.2, 0.25) is 0 Å². The number of benzene rings is 3. The lowest BCUT2D eigenvalue weighted by molar-refractivity contribution is -0.114. The number of amides is 1. The van der Waals surface area contributed by atoms with E-state index in [-0.39, 0.29) is 17.5 Å². The number of carbonyl (C=O) groups is 2. The predicted molar refractivity (Wildman–Crippen MR) is 153 cm³/mol. The lowest BCUT2D eigenvalue weighted by Gasteiger charge is -2.31. The molecule has 6 heteroatoms. The summed E-state index contributed by atoms with van der Waals surface area (Å²) in [6.07, 6.45) is 8.33. The minimum atomic E-state index is -0.313. The van der Waals surface area contributed by atoms with E-state index < -0.39 is 0 Å². The molecular formula is C32H33FN2O2S. The molecule has 0 aliphatic carbocycles. The molecule has 1 amide bonds. The van der Waals surface area contributed by atoms with Gasteiger partial charge < -0.3 is 9.80 Å². The Balaban J connectivity index is 1.37. The molecule has 0 bridgehead atoms. The van der Waals surface area contributed by atoms with Crippen LogP contribution in [0.25, 0.3) is 6.08 Å². The van der Waals surface area contributed by atoms with E-state index in [9.17, 15) is 14.0 Å². The summed E-state index contributed by atoms with van der Waals surface area (Å²) in [5.74, 6) is -0.332. The zero-order valence-corrected chi connectivity index (χ0v) is 22.4. The van der Waals surface area contributed by atoms with Gasteiger partial charge in [0.2, 0.25) is 0 Å². The SMILES string of the molecule is O=C(CCCN1CCCCCC1)c1ccc2c(c1)N(Cc1ccc(F)cc1)C(=O)/C(=C/c1ccccc1)S2. The summed E-state index contributed by atoms with van der Waals surface area (Å²) in [6, 6.07) is 21.7. The fourth-order valence-electron chi connectivity index (χ4n) is 5.08. The Labute approximate surface area is 228 Å². The summed E-state index contributed by atoms with van der Waals surface area (Å²) >= 11 is 1.43. The number of halogens is 1. The summed E-state index contributed by atoms with van der Waals surface area (Å²) in [6.45, 7) is 3.51. The Hall–Kier alpha value is -3.22. The molecule has 2 aliphatic heterocycles. The number of hydrogen-bond donors (Lipinski definition) is 0. The van der Waals surface area contributed by atoms with Crippen LogP contribution in [0.3, 0.4) is 0 Å². The molecule has 3 aromatic carbocycles. The normalized spacial score (nSPS) is 17.3. The van der Waals surface area contributed by atoms with Gasteiger partial charge in [-0.15, -0.1) is 0 Å². The van der Waals surface area contributed by atoms with Crippen LogP contribution < -0.4 is 4.90 Å². The summed E-state index contributed by atoms with van der Waals surface area (Å²) in [4.78, 5) is 32.6. The molecule has 2 heterocycles. The fraction of sp³-hybridized carbons (Fsp3) is 0.312. The lowest BCUT2D eigenvalue weighted by atomic mass is 10.0. The maximum Gasteiger partial charge on any atom is 0.265 e. The van der Waals surface area contributed by atoms with Crippen molar-refractivity contribution in [3.63, 3.8) is 0 Å². The zero-order chi connectivity index (χ0) is 26.3. The summed E-state index contributed by atoms with van der Waals surface area (Å²) < 4.78 is 13.5. The molecule has 196 valence electrons. The van der Waals surface area contributed by atoms with E-state index in [4.69, 9.17) is 0 Å². The zero-order valence-electron chi connectivity index (χ0n) is 21.6. The second-order valence-electron chi connectivity index (χ2n) is 10.0. The number of ketones is 1. The highest BCUT2D eigenvalue weighted by Crippen LogP contribution is 2.43. The highest BCUT2D eigenvalue weighted by Gasteiger charge is 2.30. The van der Waals surface area contributed by atoms with Crippen LogP contribution >= 0.6 is 11.8 Å². The van der Waals surface area contributed by atoms with Gasteiger partial charge in [-0.25, -0.2) is 4.39 Å². The Morgan fingerprint density at radius 1 is 0.921 bits per heavy atom. The first-order chi connectivity index (χ1) is 18.6. The van der Waals surface area contributed by atoms with Crippen molar-refractivity contribution < 1.29 is 14.0 Å². The van der Waals surface area contributed by atoms with Gasteiger partial charge >= 0.3 is 0 Å².